The maximum absolute atomic E-state index is 13.1. The molecular weight excluding hydrogens is 435 g/mol. The van der Waals surface area contributed by atoms with Gasteiger partial charge in [0.25, 0.3) is 0 Å². The molecule has 9 heteroatoms. The van der Waals surface area contributed by atoms with Crippen molar-refractivity contribution in [1.29, 1.82) is 0 Å². The first kappa shape index (κ1) is 23.1. The molecule has 2 amide bonds. The summed E-state index contributed by atoms with van der Waals surface area (Å²) in [5.41, 5.74) is 5.26. The van der Waals surface area contributed by atoms with E-state index in [0.29, 0.717) is 0 Å². The van der Waals surface area contributed by atoms with Crippen LogP contribution in [0.3, 0.4) is 0 Å². The first-order valence-corrected chi connectivity index (χ1v) is 10.8. The summed E-state index contributed by atoms with van der Waals surface area (Å²) >= 11 is 0. The smallest absolute Gasteiger partial charge is 0.444 e. The van der Waals surface area contributed by atoms with Crippen molar-refractivity contribution in [3.05, 3.63) is 59.7 Å². The fourth-order valence-corrected chi connectivity index (χ4v) is 4.56. The van der Waals surface area contributed by atoms with Crippen molar-refractivity contribution in [2.45, 2.75) is 44.5 Å². The molecule has 1 fully saturated rings. The van der Waals surface area contributed by atoms with Gasteiger partial charge >= 0.3 is 18.2 Å². The quantitative estimate of drug-likeness (QED) is 0.724. The van der Waals surface area contributed by atoms with E-state index in [1.165, 1.54) is 5.01 Å². The fourth-order valence-electron chi connectivity index (χ4n) is 4.56. The molecule has 0 spiro atoms. The lowest BCUT2D eigenvalue weighted by Crippen LogP contribution is -2.62. The average molecular weight is 461 g/mol. The molecule has 0 aromatic heterocycles. The number of hydrogen-bond acceptors (Lipinski definition) is 4. The molecular formula is C24H26F3N3O3. The zero-order valence-corrected chi connectivity index (χ0v) is 18.6. The second-order valence-electron chi connectivity index (χ2n) is 9.28. The van der Waals surface area contributed by atoms with Crippen LogP contribution in [0.5, 0.6) is 0 Å². The maximum Gasteiger partial charge on any atom is 0.472 e. The molecule has 1 atom stereocenters. The molecule has 33 heavy (non-hydrogen) atoms. The second kappa shape index (κ2) is 8.37. The number of benzene rings is 2. The van der Waals surface area contributed by atoms with Gasteiger partial charge in [0.05, 0.1) is 6.04 Å². The van der Waals surface area contributed by atoms with Crippen molar-refractivity contribution in [1.82, 2.24) is 15.3 Å². The predicted molar refractivity (Wildman–Crippen MR) is 116 cm³/mol. The maximum atomic E-state index is 13.1. The van der Waals surface area contributed by atoms with Gasteiger partial charge in [-0.05, 0) is 43.0 Å². The summed E-state index contributed by atoms with van der Waals surface area (Å²) in [7, 11) is 0. The number of hydrogen-bond donors (Lipinski definition) is 1. The molecule has 1 heterocycles. The topological polar surface area (TPSA) is 61.9 Å². The molecule has 0 radical (unpaired) electrons. The molecule has 1 unspecified atom stereocenters. The van der Waals surface area contributed by atoms with E-state index in [1.54, 1.807) is 25.7 Å². The summed E-state index contributed by atoms with van der Waals surface area (Å²) in [6.07, 6.45) is -5.53. The Labute approximate surface area is 190 Å². The van der Waals surface area contributed by atoms with Crippen LogP contribution in [0.2, 0.25) is 0 Å². The van der Waals surface area contributed by atoms with E-state index in [9.17, 15) is 22.8 Å². The Balaban J connectivity index is 1.71. The minimum absolute atomic E-state index is 0.0222. The van der Waals surface area contributed by atoms with Gasteiger partial charge in [0.1, 0.15) is 5.60 Å². The van der Waals surface area contributed by atoms with Crippen LogP contribution in [0.15, 0.2) is 48.5 Å². The standard InChI is InChI=1S/C24H26F3N3O3/c1-23(2,3)33-22(32)30-13-12-29(28-21(31)24(25,26)27)14-19(30)20-17-10-6-4-8-15(17)16-9-5-7-11-18(16)20/h4-11,19-20H,12-14H2,1-3H3,(H,28,31). The minimum atomic E-state index is -5.00. The zero-order chi connectivity index (χ0) is 24.0. The van der Waals surface area contributed by atoms with Gasteiger partial charge in [-0.25, -0.2) is 9.80 Å². The lowest BCUT2D eigenvalue weighted by Gasteiger charge is -2.44. The summed E-state index contributed by atoms with van der Waals surface area (Å²) in [5.74, 6) is -2.31. The van der Waals surface area contributed by atoms with E-state index in [2.05, 4.69) is 0 Å². The third-order valence-corrected chi connectivity index (χ3v) is 5.83. The third-order valence-electron chi connectivity index (χ3n) is 5.83. The number of halogens is 3. The monoisotopic (exact) mass is 461 g/mol. The van der Waals surface area contributed by atoms with Gasteiger partial charge < -0.3 is 9.64 Å². The fraction of sp³-hybridized carbons (Fsp3) is 0.417. The first-order chi connectivity index (χ1) is 15.5. The molecule has 1 aliphatic carbocycles. The lowest BCUT2D eigenvalue weighted by molar-refractivity contribution is -0.179. The molecule has 6 nitrogen and oxygen atoms in total. The molecule has 2 aromatic rings. The van der Waals surface area contributed by atoms with Gasteiger partial charge in [-0.15, -0.1) is 0 Å². The van der Waals surface area contributed by atoms with E-state index in [1.807, 2.05) is 54.0 Å². The van der Waals surface area contributed by atoms with Crippen molar-refractivity contribution in [3.63, 3.8) is 0 Å². The number of hydrazine groups is 1. The van der Waals surface area contributed by atoms with Crippen LogP contribution in [0.1, 0.15) is 37.8 Å². The highest BCUT2D eigenvalue weighted by atomic mass is 19.4. The zero-order valence-electron chi connectivity index (χ0n) is 18.6. The van der Waals surface area contributed by atoms with E-state index in [0.717, 1.165) is 22.3 Å². The minimum Gasteiger partial charge on any atom is -0.444 e. The summed E-state index contributed by atoms with van der Waals surface area (Å²) in [6, 6.07) is 15.1. The number of alkyl halides is 3. The third kappa shape index (κ3) is 4.68. The first-order valence-electron chi connectivity index (χ1n) is 10.8. The van der Waals surface area contributed by atoms with Crippen LogP contribution < -0.4 is 5.43 Å². The Morgan fingerprint density at radius 1 is 0.939 bits per heavy atom. The normalized spacial score (nSPS) is 19.1. The molecule has 4 rings (SSSR count). The van der Waals surface area contributed by atoms with E-state index in [-0.39, 0.29) is 25.6 Å². The Morgan fingerprint density at radius 2 is 1.48 bits per heavy atom. The van der Waals surface area contributed by atoms with E-state index >= 15 is 0 Å². The predicted octanol–water partition coefficient (Wildman–Crippen LogP) is 4.31. The Bertz CT molecular complexity index is 1020. The number of rotatable bonds is 2. The molecule has 1 saturated heterocycles. The molecule has 1 aliphatic heterocycles. The Morgan fingerprint density at radius 3 is 2.00 bits per heavy atom. The van der Waals surface area contributed by atoms with Crippen molar-refractivity contribution in [3.8, 4) is 11.1 Å². The second-order valence-corrected chi connectivity index (χ2v) is 9.28. The highest BCUT2D eigenvalue weighted by Crippen LogP contribution is 2.47. The lowest BCUT2D eigenvalue weighted by atomic mass is 9.87. The van der Waals surface area contributed by atoms with E-state index in [4.69, 9.17) is 4.74 Å². The van der Waals surface area contributed by atoms with Crippen molar-refractivity contribution in [2.75, 3.05) is 19.6 Å². The van der Waals surface area contributed by atoms with Gasteiger partial charge in [-0.2, -0.15) is 13.2 Å². The van der Waals surface area contributed by atoms with Gasteiger partial charge in [0, 0.05) is 25.6 Å². The van der Waals surface area contributed by atoms with Crippen molar-refractivity contribution >= 4 is 12.0 Å². The van der Waals surface area contributed by atoms with Gasteiger partial charge in [-0.3, -0.25) is 10.2 Å². The molecule has 0 saturated carbocycles. The molecule has 1 N–H and O–H groups in total. The van der Waals surface area contributed by atoms with Crippen molar-refractivity contribution in [2.24, 2.45) is 0 Å². The summed E-state index contributed by atoms with van der Waals surface area (Å²) in [4.78, 5) is 26.3. The van der Waals surface area contributed by atoms with Crippen molar-refractivity contribution < 1.29 is 27.5 Å². The number of amides is 2. The van der Waals surface area contributed by atoms with Crippen LogP contribution in [0.25, 0.3) is 11.1 Å². The Kier molecular flexibility index (Phi) is 5.86. The number of piperazine rings is 1. The highest BCUT2D eigenvalue weighted by Gasteiger charge is 2.45. The number of nitrogens with one attached hydrogen (secondary N) is 1. The average Bonchev–Trinajstić information content (AvgIpc) is 3.06. The van der Waals surface area contributed by atoms with Gasteiger partial charge in [0.2, 0.25) is 0 Å². The molecule has 2 aromatic carbocycles. The Hall–Kier alpha value is -3.07. The van der Waals surface area contributed by atoms with Crippen LogP contribution >= 0.6 is 0 Å². The number of nitrogens with zero attached hydrogens (tertiary/aromatic N) is 2. The largest absolute Gasteiger partial charge is 0.472 e. The van der Waals surface area contributed by atoms with Crippen LogP contribution in [0.4, 0.5) is 18.0 Å². The number of ether oxygens (including phenoxy) is 1. The van der Waals surface area contributed by atoms with Gasteiger partial charge in [0.15, 0.2) is 0 Å². The van der Waals surface area contributed by atoms with E-state index < -0.39 is 29.8 Å². The molecule has 176 valence electrons. The summed E-state index contributed by atoms with van der Waals surface area (Å²) in [6.45, 7) is 5.47. The van der Waals surface area contributed by atoms with Crippen LogP contribution in [-0.2, 0) is 9.53 Å². The molecule has 0 bridgehead atoms. The highest BCUT2D eigenvalue weighted by molar-refractivity contribution is 5.81. The molecule has 2 aliphatic rings. The number of carbonyl (C=O) groups is 2. The van der Waals surface area contributed by atoms with Gasteiger partial charge in [-0.1, -0.05) is 48.5 Å². The SMILES string of the molecule is CC(C)(C)OC(=O)N1CCN(NC(=O)C(F)(F)F)CC1C1c2ccccc2-c2ccccc21. The summed E-state index contributed by atoms with van der Waals surface area (Å²) in [5, 5.41) is 1.24. The van der Waals surface area contributed by atoms with Crippen LogP contribution in [-0.4, -0.2) is 59.4 Å². The number of carbonyl (C=O) groups excluding carboxylic acids is 2. The van der Waals surface area contributed by atoms with Crippen LogP contribution in [0, 0.1) is 0 Å². The number of fused-ring (bicyclic) bond motifs is 3. The summed E-state index contributed by atoms with van der Waals surface area (Å²) < 4.78 is 44.2.